The molecule has 0 saturated carbocycles. The molecule has 0 heterocycles. The minimum absolute atomic E-state index is 0.574. The maximum atomic E-state index is 10.8. The summed E-state index contributed by atoms with van der Waals surface area (Å²) >= 11 is 0. The van der Waals surface area contributed by atoms with Gasteiger partial charge in [-0.1, -0.05) is 72.6 Å². The minimum Gasteiger partial charge on any atom is -0.508 e. The van der Waals surface area contributed by atoms with E-state index in [0.29, 0.717) is 5.75 Å². The molecule has 1 N–H and O–H groups in total. The van der Waals surface area contributed by atoms with Crippen LogP contribution in [-0.4, -0.2) is 5.11 Å². The van der Waals surface area contributed by atoms with E-state index in [-0.39, 0.29) is 0 Å². The summed E-state index contributed by atoms with van der Waals surface area (Å²) in [6, 6.07) is 2.12. The van der Waals surface area contributed by atoms with Crippen molar-refractivity contribution in [3.63, 3.8) is 0 Å². The molecule has 150 valence electrons. The van der Waals surface area contributed by atoms with Gasteiger partial charge in [-0.3, -0.25) is 0 Å². The molecule has 0 atom stereocenters. The quantitative estimate of drug-likeness (QED) is 0.315. The molecule has 0 fully saturated rings. The monoisotopic (exact) mass is 360 g/mol. The highest BCUT2D eigenvalue weighted by Gasteiger charge is 2.17. The number of rotatable bonds is 15. The Hall–Kier alpha value is -0.980. The lowest BCUT2D eigenvalue weighted by Gasteiger charge is -2.21. The summed E-state index contributed by atoms with van der Waals surface area (Å²) in [5, 5.41) is 10.8. The van der Waals surface area contributed by atoms with Crippen LogP contribution in [0.1, 0.15) is 121 Å². The Kier molecular flexibility index (Phi) is 12.5. The molecule has 0 saturated heterocycles. The van der Waals surface area contributed by atoms with Gasteiger partial charge in [0.25, 0.3) is 0 Å². The van der Waals surface area contributed by atoms with E-state index in [1.54, 1.807) is 5.56 Å². The van der Waals surface area contributed by atoms with Crippen LogP contribution in [0.25, 0.3) is 0 Å². The first-order valence-electron chi connectivity index (χ1n) is 11.5. The largest absolute Gasteiger partial charge is 0.508 e. The molecule has 1 aromatic rings. The Morgan fingerprint density at radius 3 is 1.65 bits per heavy atom. The Morgan fingerprint density at radius 1 is 0.538 bits per heavy atom. The average Bonchev–Trinajstić information content (AvgIpc) is 2.64. The number of aromatic hydroxyl groups is 1. The molecule has 0 aliphatic heterocycles. The van der Waals surface area contributed by atoms with Crippen LogP contribution in [-0.2, 0) is 25.7 Å². The zero-order valence-corrected chi connectivity index (χ0v) is 18.1. The molecular formula is C25H44O. The maximum Gasteiger partial charge on any atom is 0.119 e. The minimum atomic E-state index is 0.574. The molecule has 0 aromatic heterocycles. The Labute approximate surface area is 163 Å². The normalized spacial score (nSPS) is 11.2. The summed E-state index contributed by atoms with van der Waals surface area (Å²) in [5.41, 5.74) is 5.82. The van der Waals surface area contributed by atoms with Gasteiger partial charge >= 0.3 is 0 Å². The van der Waals surface area contributed by atoms with Crippen molar-refractivity contribution >= 4 is 0 Å². The number of hydrogen-bond acceptors (Lipinski definition) is 1. The van der Waals surface area contributed by atoms with Crippen molar-refractivity contribution in [3.8, 4) is 5.75 Å². The predicted octanol–water partition coefficient (Wildman–Crippen LogP) is 7.93. The lowest BCUT2D eigenvalue weighted by atomic mass is 9.85. The van der Waals surface area contributed by atoms with E-state index in [2.05, 4.69) is 33.8 Å². The molecule has 0 bridgehead atoms. The van der Waals surface area contributed by atoms with Gasteiger partial charge < -0.3 is 5.11 Å². The average molecular weight is 361 g/mol. The van der Waals surface area contributed by atoms with Gasteiger partial charge in [0.15, 0.2) is 0 Å². The fourth-order valence-electron chi connectivity index (χ4n) is 3.96. The molecule has 1 nitrogen and oxygen atoms in total. The predicted molar refractivity (Wildman–Crippen MR) is 116 cm³/mol. The van der Waals surface area contributed by atoms with Gasteiger partial charge in [-0.25, -0.2) is 0 Å². The smallest absolute Gasteiger partial charge is 0.119 e. The number of aryl methyl sites for hydroxylation is 1. The van der Waals surface area contributed by atoms with E-state index in [1.165, 1.54) is 93.7 Å². The van der Waals surface area contributed by atoms with E-state index in [9.17, 15) is 5.11 Å². The first-order valence-corrected chi connectivity index (χ1v) is 11.5. The highest BCUT2D eigenvalue weighted by atomic mass is 16.3. The molecule has 0 radical (unpaired) electrons. The van der Waals surface area contributed by atoms with Gasteiger partial charge in [-0.15, -0.1) is 0 Å². The van der Waals surface area contributed by atoms with Gasteiger partial charge in [0.1, 0.15) is 5.75 Å². The Balaban J connectivity index is 3.12. The second-order valence-electron chi connectivity index (χ2n) is 7.97. The van der Waals surface area contributed by atoms with Crippen LogP contribution in [0, 0.1) is 0 Å². The molecule has 0 amide bonds. The summed E-state index contributed by atoms with van der Waals surface area (Å²) in [6.07, 6.45) is 18.5. The first-order chi connectivity index (χ1) is 12.7. The fraction of sp³-hybridized carbons (Fsp3) is 0.760. The Bertz CT molecular complexity index is 489. The first kappa shape index (κ1) is 23.1. The third-order valence-corrected chi connectivity index (χ3v) is 5.63. The number of benzene rings is 1. The summed E-state index contributed by atoms with van der Waals surface area (Å²) in [5.74, 6) is 0.574. The second-order valence-corrected chi connectivity index (χ2v) is 7.97. The highest BCUT2D eigenvalue weighted by molar-refractivity contribution is 5.50. The third kappa shape index (κ3) is 7.72. The van der Waals surface area contributed by atoms with Crippen molar-refractivity contribution < 1.29 is 5.11 Å². The van der Waals surface area contributed by atoms with Crippen molar-refractivity contribution in [3.05, 3.63) is 28.3 Å². The van der Waals surface area contributed by atoms with Gasteiger partial charge in [0.2, 0.25) is 0 Å². The van der Waals surface area contributed by atoms with Crippen LogP contribution in [0.3, 0.4) is 0 Å². The van der Waals surface area contributed by atoms with Crippen molar-refractivity contribution in [1.82, 2.24) is 0 Å². The van der Waals surface area contributed by atoms with E-state index in [0.717, 1.165) is 19.3 Å². The molecule has 0 aliphatic rings. The van der Waals surface area contributed by atoms with E-state index >= 15 is 0 Å². The van der Waals surface area contributed by atoms with Crippen LogP contribution in [0.15, 0.2) is 6.07 Å². The summed E-state index contributed by atoms with van der Waals surface area (Å²) in [7, 11) is 0. The highest BCUT2D eigenvalue weighted by Crippen LogP contribution is 2.33. The molecular weight excluding hydrogens is 316 g/mol. The number of phenolic OH excluding ortho intramolecular Hbond substituents is 1. The number of unbranched alkanes of at least 4 members (excludes halogenated alkanes) is 7. The number of hydrogen-bond donors (Lipinski definition) is 1. The van der Waals surface area contributed by atoms with Crippen LogP contribution in [0.5, 0.6) is 5.75 Å². The summed E-state index contributed by atoms with van der Waals surface area (Å²) < 4.78 is 0. The van der Waals surface area contributed by atoms with Crippen LogP contribution < -0.4 is 0 Å². The topological polar surface area (TPSA) is 20.2 Å². The van der Waals surface area contributed by atoms with Gasteiger partial charge in [0, 0.05) is 0 Å². The van der Waals surface area contributed by atoms with Crippen LogP contribution in [0.4, 0.5) is 0 Å². The third-order valence-electron chi connectivity index (χ3n) is 5.63. The second kappa shape index (κ2) is 14.1. The zero-order valence-electron chi connectivity index (χ0n) is 18.1. The Morgan fingerprint density at radius 2 is 1.04 bits per heavy atom. The standard InChI is InChI=1S/C25H44O/c1-5-9-13-14-15-19-22-21(16-10-6-2)20-25(26)24(18-12-8-4)23(22)17-11-7-3/h20,26H,5-19H2,1-4H3. The molecule has 1 heteroatoms. The maximum absolute atomic E-state index is 10.8. The zero-order chi connectivity index (χ0) is 19.2. The molecule has 0 unspecified atom stereocenters. The lowest BCUT2D eigenvalue weighted by Crippen LogP contribution is -2.07. The molecule has 0 aliphatic carbocycles. The molecule has 1 aromatic carbocycles. The van der Waals surface area contributed by atoms with E-state index in [4.69, 9.17) is 0 Å². The van der Waals surface area contributed by atoms with Gasteiger partial charge in [-0.2, -0.15) is 0 Å². The SMILES string of the molecule is CCCCCCCc1c(CCCC)cc(O)c(CCCC)c1CCCC. The van der Waals surface area contributed by atoms with Crippen molar-refractivity contribution in [2.45, 2.75) is 124 Å². The molecule has 0 spiro atoms. The summed E-state index contributed by atoms with van der Waals surface area (Å²) in [6.45, 7) is 9.06. The molecule has 26 heavy (non-hydrogen) atoms. The van der Waals surface area contributed by atoms with Crippen LogP contribution in [0.2, 0.25) is 0 Å². The lowest BCUT2D eigenvalue weighted by molar-refractivity contribution is 0.463. The van der Waals surface area contributed by atoms with Crippen molar-refractivity contribution in [2.24, 2.45) is 0 Å². The number of phenols is 1. The summed E-state index contributed by atoms with van der Waals surface area (Å²) in [4.78, 5) is 0. The molecule has 1 rings (SSSR count). The fourth-order valence-corrected chi connectivity index (χ4v) is 3.96. The van der Waals surface area contributed by atoms with Crippen molar-refractivity contribution in [2.75, 3.05) is 0 Å². The van der Waals surface area contributed by atoms with Gasteiger partial charge in [-0.05, 0) is 79.7 Å². The van der Waals surface area contributed by atoms with Crippen LogP contribution >= 0.6 is 0 Å². The van der Waals surface area contributed by atoms with E-state index in [1.807, 2.05) is 0 Å². The van der Waals surface area contributed by atoms with Crippen molar-refractivity contribution in [1.29, 1.82) is 0 Å². The van der Waals surface area contributed by atoms with Gasteiger partial charge in [0.05, 0.1) is 0 Å². The van der Waals surface area contributed by atoms with E-state index < -0.39 is 0 Å².